The molecule has 0 N–H and O–H groups in total. The highest BCUT2D eigenvalue weighted by Crippen LogP contribution is 2.13. The largest absolute Gasteiger partial charge is 0.462 e. The van der Waals surface area contributed by atoms with E-state index < -0.39 is 6.10 Å². The fraction of sp³-hybridized carbons (Fsp3) is 0.492. The van der Waals surface area contributed by atoms with E-state index in [1.54, 1.807) is 0 Å². The molecule has 0 aromatic heterocycles. The Morgan fingerprint density at radius 2 is 0.577 bits per heavy atom. The van der Waals surface area contributed by atoms with Crippen molar-refractivity contribution in [2.24, 2.45) is 0 Å². The van der Waals surface area contributed by atoms with Crippen LogP contribution < -0.4 is 0 Å². The molecular formula is C65H96O6. The topological polar surface area (TPSA) is 78.9 Å². The van der Waals surface area contributed by atoms with Crippen molar-refractivity contribution >= 4 is 17.9 Å². The van der Waals surface area contributed by atoms with Crippen molar-refractivity contribution in [2.45, 2.75) is 194 Å². The summed E-state index contributed by atoms with van der Waals surface area (Å²) in [5.74, 6) is -1.03. The quantitative estimate of drug-likeness (QED) is 0.0199. The van der Waals surface area contributed by atoms with E-state index in [1.807, 2.05) is 72.9 Å². The van der Waals surface area contributed by atoms with Crippen LogP contribution in [0.1, 0.15) is 188 Å². The van der Waals surface area contributed by atoms with Crippen LogP contribution in [-0.2, 0) is 28.6 Å². The van der Waals surface area contributed by atoms with Gasteiger partial charge in [-0.3, -0.25) is 14.4 Å². The maximum absolute atomic E-state index is 12.9. The molecule has 0 spiro atoms. The molecule has 1 unspecified atom stereocenters. The molecule has 0 aliphatic carbocycles. The van der Waals surface area contributed by atoms with Crippen LogP contribution in [0.25, 0.3) is 0 Å². The van der Waals surface area contributed by atoms with Crippen LogP contribution in [0.4, 0.5) is 0 Å². The van der Waals surface area contributed by atoms with Crippen molar-refractivity contribution in [1.82, 2.24) is 0 Å². The van der Waals surface area contributed by atoms with E-state index in [0.29, 0.717) is 19.3 Å². The maximum atomic E-state index is 12.9. The number of hydrogen-bond donors (Lipinski definition) is 0. The molecule has 0 amide bonds. The zero-order chi connectivity index (χ0) is 51.4. The number of unbranched alkanes of at least 4 members (excludes halogenated alkanes) is 13. The van der Waals surface area contributed by atoms with Gasteiger partial charge in [-0.05, 0) is 103 Å². The van der Waals surface area contributed by atoms with E-state index in [1.165, 1.54) is 19.3 Å². The summed E-state index contributed by atoms with van der Waals surface area (Å²) >= 11 is 0. The summed E-state index contributed by atoms with van der Waals surface area (Å²) in [4.78, 5) is 38.1. The van der Waals surface area contributed by atoms with Crippen molar-refractivity contribution in [2.75, 3.05) is 13.2 Å². The molecule has 1 atom stereocenters. The molecule has 392 valence electrons. The van der Waals surface area contributed by atoms with Gasteiger partial charge in [0.25, 0.3) is 0 Å². The lowest BCUT2D eigenvalue weighted by Gasteiger charge is -2.18. The summed E-state index contributed by atoms with van der Waals surface area (Å²) in [5, 5.41) is 0. The van der Waals surface area contributed by atoms with Gasteiger partial charge in [-0.2, -0.15) is 0 Å². The zero-order valence-corrected chi connectivity index (χ0v) is 44.6. The van der Waals surface area contributed by atoms with Crippen molar-refractivity contribution in [1.29, 1.82) is 0 Å². The summed E-state index contributed by atoms with van der Waals surface area (Å²) in [6.07, 6.45) is 85.8. The average molecular weight is 973 g/mol. The van der Waals surface area contributed by atoms with Gasteiger partial charge in [0.05, 0.1) is 0 Å². The van der Waals surface area contributed by atoms with Crippen molar-refractivity contribution in [3.63, 3.8) is 0 Å². The highest BCUT2D eigenvalue weighted by atomic mass is 16.6. The van der Waals surface area contributed by atoms with Crippen LogP contribution in [0.3, 0.4) is 0 Å². The summed E-state index contributed by atoms with van der Waals surface area (Å²) in [6.45, 7) is 6.14. The molecule has 0 aliphatic rings. The first-order valence-corrected chi connectivity index (χ1v) is 27.4. The van der Waals surface area contributed by atoms with Gasteiger partial charge in [0.2, 0.25) is 0 Å². The second-order valence-electron chi connectivity index (χ2n) is 17.2. The Hall–Kier alpha value is -5.49. The lowest BCUT2D eigenvalue weighted by molar-refractivity contribution is -0.167. The third-order valence-corrected chi connectivity index (χ3v) is 10.6. The van der Waals surface area contributed by atoms with E-state index >= 15 is 0 Å². The summed E-state index contributed by atoms with van der Waals surface area (Å²) in [7, 11) is 0. The molecule has 0 bridgehead atoms. The lowest BCUT2D eigenvalue weighted by atomic mass is 10.1. The highest BCUT2D eigenvalue weighted by Gasteiger charge is 2.19. The van der Waals surface area contributed by atoms with Gasteiger partial charge in [0.1, 0.15) is 13.2 Å². The average Bonchev–Trinajstić information content (AvgIpc) is 3.37. The molecule has 0 radical (unpaired) electrons. The molecule has 6 heteroatoms. The number of carbonyl (C=O) groups is 3. The van der Waals surface area contributed by atoms with Crippen LogP contribution >= 0.6 is 0 Å². The first kappa shape index (κ1) is 65.5. The van der Waals surface area contributed by atoms with Crippen molar-refractivity contribution < 1.29 is 28.6 Å². The number of esters is 3. The molecule has 0 aliphatic heterocycles. The van der Waals surface area contributed by atoms with Gasteiger partial charge >= 0.3 is 17.9 Å². The Balaban J connectivity index is 4.63. The Labute approximate surface area is 434 Å². The second kappa shape index (κ2) is 57.1. The summed E-state index contributed by atoms with van der Waals surface area (Å²) in [5.41, 5.74) is 0. The van der Waals surface area contributed by atoms with Gasteiger partial charge in [-0.1, -0.05) is 248 Å². The third kappa shape index (κ3) is 55.3. The predicted octanol–water partition coefficient (Wildman–Crippen LogP) is 18.5. The number of ether oxygens (including phenoxy) is 3. The number of allylic oxidation sites excluding steroid dienone is 30. The Kier molecular flexibility index (Phi) is 52.7. The SMILES string of the molecule is CC\C=C/C=C\C=C/C=C\C=C\C=C/C=C\CCCCCC(=O)OCC(COC(=O)CCCCCCCCC\C=C/C=C\C=C/CC)OC(=O)CCCCC/C=C\C/C=C\C/C=C\C/C=C\C/C=C\CC. The minimum atomic E-state index is -0.832. The van der Waals surface area contributed by atoms with Crippen LogP contribution in [0.5, 0.6) is 0 Å². The Morgan fingerprint density at radius 3 is 0.972 bits per heavy atom. The monoisotopic (exact) mass is 973 g/mol. The molecule has 0 rings (SSSR count). The summed E-state index contributed by atoms with van der Waals surface area (Å²) < 4.78 is 16.8. The Morgan fingerprint density at radius 1 is 0.296 bits per heavy atom. The van der Waals surface area contributed by atoms with Crippen molar-refractivity contribution in [3.05, 3.63) is 182 Å². The highest BCUT2D eigenvalue weighted by molar-refractivity contribution is 5.71. The zero-order valence-electron chi connectivity index (χ0n) is 44.6. The normalized spacial score (nSPS) is 13.6. The molecule has 0 aromatic rings. The van der Waals surface area contributed by atoms with E-state index in [-0.39, 0.29) is 44.0 Å². The van der Waals surface area contributed by atoms with E-state index in [0.717, 1.165) is 116 Å². The van der Waals surface area contributed by atoms with E-state index in [9.17, 15) is 14.4 Å². The van der Waals surface area contributed by atoms with Crippen LogP contribution in [0.15, 0.2) is 182 Å². The minimum Gasteiger partial charge on any atom is -0.462 e. The van der Waals surface area contributed by atoms with Gasteiger partial charge in [-0.25, -0.2) is 0 Å². The molecule has 71 heavy (non-hydrogen) atoms. The molecule has 0 heterocycles. The molecule has 6 nitrogen and oxygen atoms in total. The maximum Gasteiger partial charge on any atom is 0.306 e. The lowest BCUT2D eigenvalue weighted by Crippen LogP contribution is -2.30. The van der Waals surface area contributed by atoms with Gasteiger partial charge < -0.3 is 14.2 Å². The first-order valence-electron chi connectivity index (χ1n) is 27.4. The fourth-order valence-electron chi connectivity index (χ4n) is 6.63. The standard InChI is InChI=1S/C65H96O6/c1-4-7-10-13-16-19-22-25-28-30-32-34-37-40-43-46-49-52-55-58-64(67)70-61-62(60-69-63(66)57-54-51-48-45-42-39-36-27-24-21-18-15-12-9-6-3)71-65(68)59-56-53-50-47-44-41-38-35-33-31-29-26-23-20-17-14-11-8-5-2/h7-13,15-22,24-26,28-30,32-35,37,40-41,43-44,62H,4-6,14,23,27,31,36,38-39,42,45-61H2,1-3H3/b10-7-,11-8-,12-9-,16-13-,18-15-,20-17-,22-19-,24-21-,28-25-,29-26-,32-30+,35-33-,37-34-,43-40-,44-41-. The van der Waals surface area contributed by atoms with Gasteiger partial charge in [-0.15, -0.1) is 0 Å². The predicted molar refractivity (Wildman–Crippen MR) is 306 cm³/mol. The van der Waals surface area contributed by atoms with Crippen LogP contribution in [0.2, 0.25) is 0 Å². The van der Waals surface area contributed by atoms with Gasteiger partial charge in [0, 0.05) is 19.3 Å². The summed E-state index contributed by atoms with van der Waals surface area (Å²) in [6, 6.07) is 0. The van der Waals surface area contributed by atoms with Gasteiger partial charge in [0.15, 0.2) is 6.10 Å². The fourth-order valence-corrected chi connectivity index (χ4v) is 6.63. The molecule has 0 saturated heterocycles. The van der Waals surface area contributed by atoms with Crippen molar-refractivity contribution in [3.8, 4) is 0 Å². The minimum absolute atomic E-state index is 0.124. The molecule has 0 saturated carbocycles. The number of carbonyl (C=O) groups excluding carboxylic acids is 3. The molecule has 0 fully saturated rings. The number of hydrogen-bond acceptors (Lipinski definition) is 6. The smallest absolute Gasteiger partial charge is 0.306 e. The second-order valence-corrected chi connectivity index (χ2v) is 17.2. The van der Waals surface area contributed by atoms with Crippen LogP contribution in [-0.4, -0.2) is 37.2 Å². The van der Waals surface area contributed by atoms with E-state index in [2.05, 4.69) is 130 Å². The van der Waals surface area contributed by atoms with Crippen LogP contribution in [0, 0.1) is 0 Å². The first-order chi connectivity index (χ1) is 35.0. The molecular weight excluding hydrogens is 877 g/mol. The number of rotatable bonds is 46. The Bertz CT molecular complexity index is 1730. The molecule has 0 aromatic carbocycles. The third-order valence-electron chi connectivity index (χ3n) is 10.6. The van der Waals surface area contributed by atoms with E-state index in [4.69, 9.17) is 14.2 Å².